The van der Waals surface area contributed by atoms with Crippen LogP contribution in [0.2, 0.25) is 0 Å². The van der Waals surface area contributed by atoms with Crippen molar-refractivity contribution in [2.75, 3.05) is 26.2 Å². The maximum absolute atomic E-state index is 11.6. The van der Waals surface area contributed by atoms with Gasteiger partial charge in [-0.15, -0.1) is 0 Å². The third-order valence-corrected chi connectivity index (χ3v) is 3.69. The fraction of sp³-hybridized carbons (Fsp3) is 0.625. The summed E-state index contributed by atoms with van der Waals surface area (Å²) >= 11 is 0. The molecule has 0 aromatic carbocycles. The molecule has 122 valence electrons. The van der Waals surface area contributed by atoms with E-state index >= 15 is 0 Å². The van der Waals surface area contributed by atoms with Crippen molar-refractivity contribution in [3.63, 3.8) is 0 Å². The Bertz CT molecular complexity index is 520. The van der Waals surface area contributed by atoms with Crippen LogP contribution in [0.3, 0.4) is 0 Å². The molecule has 0 aliphatic carbocycles. The first kappa shape index (κ1) is 16.7. The number of hydrogen-bond acceptors (Lipinski definition) is 4. The number of hydrogen-bond donors (Lipinski definition) is 1. The molecule has 1 unspecified atom stereocenters. The van der Waals surface area contributed by atoms with Gasteiger partial charge in [0.2, 0.25) is 5.91 Å². The Hall–Kier alpha value is -1.66. The highest BCUT2D eigenvalue weighted by Crippen LogP contribution is 2.11. The van der Waals surface area contributed by atoms with Crippen LogP contribution in [-0.2, 0) is 23.1 Å². The third-order valence-electron chi connectivity index (χ3n) is 3.69. The van der Waals surface area contributed by atoms with Crippen LogP contribution in [0.1, 0.15) is 26.1 Å². The fourth-order valence-electron chi connectivity index (χ4n) is 2.52. The molecule has 1 fully saturated rings. The largest absolute Gasteiger partial charge is 0.375 e. The van der Waals surface area contributed by atoms with E-state index in [1.54, 1.807) is 6.08 Å². The first-order valence-corrected chi connectivity index (χ1v) is 7.77. The summed E-state index contributed by atoms with van der Waals surface area (Å²) in [5, 5.41) is 2.90. The van der Waals surface area contributed by atoms with Crippen molar-refractivity contribution in [2.24, 2.45) is 7.05 Å². The number of amides is 1. The summed E-state index contributed by atoms with van der Waals surface area (Å²) in [6.45, 7) is 7.85. The molecule has 0 bridgehead atoms. The molecule has 2 heterocycles. The Morgan fingerprint density at radius 2 is 2.36 bits per heavy atom. The van der Waals surface area contributed by atoms with E-state index in [-0.39, 0.29) is 12.0 Å². The summed E-state index contributed by atoms with van der Waals surface area (Å²) < 4.78 is 7.83. The second-order valence-corrected chi connectivity index (χ2v) is 5.98. The van der Waals surface area contributed by atoms with Crippen LogP contribution in [0.25, 0.3) is 0 Å². The van der Waals surface area contributed by atoms with Gasteiger partial charge in [-0.25, -0.2) is 4.98 Å². The van der Waals surface area contributed by atoms with E-state index in [2.05, 4.69) is 15.2 Å². The Morgan fingerprint density at radius 1 is 1.55 bits per heavy atom. The first-order chi connectivity index (χ1) is 10.5. The molecule has 1 N–H and O–H groups in total. The van der Waals surface area contributed by atoms with Crippen molar-refractivity contribution in [1.29, 1.82) is 0 Å². The molecule has 1 aliphatic heterocycles. The number of nitrogens with zero attached hydrogens (tertiary/aromatic N) is 3. The zero-order valence-corrected chi connectivity index (χ0v) is 13.7. The lowest BCUT2D eigenvalue weighted by molar-refractivity contribution is -0.116. The number of rotatable bonds is 6. The Balaban J connectivity index is 1.73. The fourth-order valence-corrected chi connectivity index (χ4v) is 2.52. The van der Waals surface area contributed by atoms with Crippen LogP contribution in [0.5, 0.6) is 0 Å². The predicted molar refractivity (Wildman–Crippen MR) is 85.3 cm³/mol. The van der Waals surface area contributed by atoms with Gasteiger partial charge in [0, 0.05) is 45.2 Å². The molecule has 1 saturated heterocycles. The van der Waals surface area contributed by atoms with Gasteiger partial charge in [0.15, 0.2) is 0 Å². The lowest BCUT2D eigenvalue weighted by atomic mass is 10.2. The molecule has 0 radical (unpaired) electrons. The number of carbonyl (C=O) groups excluding carboxylic acids is 1. The highest BCUT2D eigenvalue weighted by molar-refractivity contribution is 5.87. The number of carbonyl (C=O) groups is 1. The smallest absolute Gasteiger partial charge is 0.243 e. The molecule has 0 saturated carbocycles. The molecule has 1 atom stereocenters. The van der Waals surface area contributed by atoms with Crippen molar-refractivity contribution in [2.45, 2.75) is 32.9 Å². The lowest BCUT2D eigenvalue weighted by Gasteiger charge is -2.32. The molecule has 0 spiro atoms. The summed E-state index contributed by atoms with van der Waals surface area (Å²) in [4.78, 5) is 18.3. The molecular weight excluding hydrogens is 280 g/mol. The van der Waals surface area contributed by atoms with Gasteiger partial charge < -0.3 is 14.6 Å². The second-order valence-electron chi connectivity index (χ2n) is 5.98. The Kier molecular flexibility index (Phi) is 6.15. The van der Waals surface area contributed by atoms with E-state index < -0.39 is 0 Å². The van der Waals surface area contributed by atoms with Crippen molar-refractivity contribution < 1.29 is 9.53 Å². The number of aromatic nitrogens is 2. The van der Waals surface area contributed by atoms with E-state index in [0.29, 0.717) is 6.54 Å². The summed E-state index contributed by atoms with van der Waals surface area (Å²) in [7, 11) is 2.01. The van der Waals surface area contributed by atoms with Gasteiger partial charge >= 0.3 is 0 Å². The van der Waals surface area contributed by atoms with Crippen LogP contribution in [0.4, 0.5) is 0 Å². The van der Waals surface area contributed by atoms with Crippen molar-refractivity contribution in [1.82, 2.24) is 19.8 Å². The van der Waals surface area contributed by atoms with E-state index in [0.717, 1.165) is 44.1 Å². The second kappa shape index (κ2) is 8.10. The summed E-state index contributed by atoms with van der Waals surface area (Å²) in [6, 6.07) is 0. The maximum Gasteiger partial charge on any atom is 0.243 e. The standard InChI is InChI=1S/C16H26N4O2/c1-13(2)10-16(21)18-5-4-14-11-20(8-9-22-14)12-15-17-6-7-19(15)3/h6-7,10,14H,4-5,8-9,11-12H2,1-3H3,(H,18,21). The minimum absolute atomic E-state index is 0.0272. The average molecular weight is 306 g/mol. The first-order valence-electron chi connectivity index (χ1n) is 7.77. The number of ether oxygens (including phenoxy) is 1. The van der Waals surface area contributed by atoms with Crippen LogP contribution < -0.4 is 5.32 Å². The topological polar surface area (TPSA) is 59.4 Å². The normalized spacial score (nSPS) is 19.0. The Labute approximate surface area is 132 Å². The monoisotopic (exact) mass is 306 g/mol. The van der Waals surface area contributed by atoms with E-state index in [9.17, 15) is 4.79 Å². The van der Waals surface area contributed by atoms with Crippen molar-refractivity contribution >= 4 is 5.91 Å². The molecule has 1 amide bonds. The summed E-state index contributed by atoms with van der Waals surface area (Å²) in [5.41, 5.74) is 1.01. The third kappa shape index (κ3) is 5.27. The van der Waals surface area contributed by atoms with Gasteiger partial charge in [-0.3, -0.25) is 9.69 Å². The molecular formula is C16H26N4O2. The summed E-state index contributed by atoms with van der Waals surface area (Å²) in [6.07, 6.45) is 6.41. The van der Waals surface area contributed by atoms with Gasteiger partial charge in [0.1, 0.15) is 5.82 Å². The zero-order valence-electron chi connectivity index (χ0n) is 13.7. The van der Waals surface area contributed by atoms with E-state index in [1.807, 2.05) is 37.9 Å². The van der Waals surface area contributed by atoms with Crippen molar-refractivity contribution in [3.8, 4) is 0 Å². The minimum Gasteiger partial charge on any atom is -0.375 e. The molecule has 6 heteroatoms. The van der Waals surface area contributed by atoms with E-state index in [1.165, 1.54) is 0 Å². The van der Waals surface area contributed by atoms with Gasteiger partial charge in [-0.05, 0) is 20.3 Å². The van der Waals surface area contributed by atoms with Crippen LogP contribution in [0.15, 0.2) is 24.0 Å². The average Bonchev–Trinajstić information content (AvgIpc) is 2.84. The minimum atomic E-state index is -0.0272. The maximum atomic E-state index is 11.6. The molecule has 6 nitrogen and oxygen atoms in total. The molecule has 1 aromatic heterocycles. The SMILES string of the molecule is CC(C)=CC(=O)NCCC1CN(Cc2nccn2C)CCO1. The number of aryl methyl sites for hydroxylation is 1. The van der Waals surface area contributed by atoms with Gasteiger partial charge in [0.25, 0.3) is 0 Å². The predicted octanol–water partition coefficient (Wildman–Crippen LogP) is 1.09. The lowest BCUT2D eigenvalue weighted by Crippen LogP contribution is -2.43. The summed E-state index contributed by atoms with van der Waals surface area (Å²) in [5.74, 6) is 1.04. The van der Waals surface area contributed by atoms with Gasteiger partial charge in [0.05, 0.1) is 19.3 Å². The van der Waals surface area contributed by atoms with Gasteiger partial charge in [-0.1, -0.05) is 5.57 Å². The van der Waals surface area contributed by atoms with E-state index in [4.69, 9.17) is 4.74 Å². The molecule has 1 aromatic rings. The quantitative estimate of drug-likeness (QED) is 0.800. The van der Waals surface area contributed by atoms with Gasteiger partial charge in [-0.2, -0.15) is 0 Å². The van der Waals surface area contributed by atoms with Crippen LogP contribution >= 0.6 is 0 Å². The Morgan fingerprint density at radius 3 is 3.05 bits per heavy atom. The molecule has 22 heavy (non-hydrogen) atoms. The highest BCUT2D eigenvalue weighted by atomic mass is 16.5. The van der Waals surface area contributed by atoms with Crippen molar-refractivity contribution in [3.05, 3.63) is 29.9 Å². The highest BCUT2D eigenvalue weighted by Gasteiger charge is 2.21. The number of morpholine rings is 1. The number of allylic oxidation sites excluding steroid dienone is 1. The number of imidazole rings is 1. The molecule has 1 aliphatic rings. The number of nitrogens with one attached hydrogen (secondary N) is 1. The van der Waals surface area contributed by atoms with Crippen LogP contribution in [-0.4, -0.2) is 52.7 Å². The molecule has 2 rings (SSSR count). The zero-order chi connectivity index (χ0) is 15.9. The van der Waals surface area contributed by atoms with Crippen LogP contribution in [0, 0.1) is 0 Å².